The van der Waals surface area contributed by atoms with Crippen molar-refractivity contribution in [3.63, 3.8) is 0 Å². The van der Waals surface area contributed by atoms with E-state index in [2.05, 4.69) is 5.32 Å². The Labute approximate surface area is 99.0 Å². The minimum atomic E-state index is -1.27. The van der Waals surface area contributed by atoms with E-state index in [4.69, 9.17) is 16.1 Å². The van der Waals surface area contributed by atoms with Crippen molar-refractivity contribution in [2.75, 3.05) is 5.32 Å². The number of anilines is 1. The van der Waals surface area contributed by atoms with Crippen molar-refractivity contribution in [3.8, 4) is 6.19 Å². The highest BCUT2D eigenvalue weighted by atomic mass is 16.4. The van der Waals surface area contributed by atoms with Crippen LogP contribution in [0.1, 0.15) is 12.5 Å². The molecule has 0 heterocycles. The lowest BCUT2D eigenvalue weighted by Crippen LogP contribution is -2.46. The van der Waals surface area contributed by atoms with Crippen LogP contribution in [0.5, 0.6) is 0 Å². The fourth-order valence-corrected chi connectivity index (χ4v) is 1.27. The molecule has 6 nitrogen and oxygen atoms in total. The monoisotopic (exact) mass is 237 g/mol. The average Bonchev–Trinajstić information content (AvgIpc) is 2.21. The molecule has 0 bridgehead atoms. The van der Waals surface area contributed by atoms with Crippen LogP contribution in [0.4, 0.5) is 5.69 Å². The third-order valence-corrected chi connectivity index (χ3v) is 2.21. The van der Waals surface area contributed by atoms with Crippen LogP contribution in [-0.4, -0.2) is 22.1 Å². The first-order valence-corrected chi connectivity index (χ1v) is 4.72. The second kappa shape index (κ2) is 5.84. The van der Waals surface area contributed by atoms with Crippen LogP contribution in [0.15, 0.2) is 24.3 Å². The molecule has 0 radical (unpaired) electrons. The number of hydrogen-bond donors (Lipinski definition) is 3. The van der Waals surface area contributed by atoms with E-state index in [1.807, 2.05) is 0 Å². The van der Waals surface area contributed by atoms with Gasteiger partial charge in [-0.1, -0.05) is 12.1 Å². The van der Waals surface area contributed by atoms with E-state index in [1.165, 1.54) is 6.92 Å². The zero-order chi connectivity index (χ0) is 12.2. The van der Waals surface area contributed by atoms with Crippen LogP contribution in [0, 0.1) is 11.5 Å². The van der Waals surface area contributed by atoms with Crippen molar-refractivity contribution < 1.29 is 15.4 Å². The molecule has 17 heavy (non-hydrogen) atoms. The molecular formula is C11H15N3O3. The Morgan fingerprint density at radius 2 is 2.06 bits per heavy atom. The number of aliphatic carboxylic acids is 1. The quantitative estimate of drug-likeness (QED) is 0.505. The number of nitrogens with zero attached hydrogens (tertiary/aromatic N) is 1. The molecule has 0 aromatic heterocycles. The zero-order valence-corrected chi connectivity index (χ0v) is 9.40. The van der Waals surface area contributed by atoms with Crippen LogP contribution in [0.2, 0.25) is 0 Å². The molecule has 0 aliphatic heterocycles. The molecule has 1 aromatic carbocycles. The Morgan fingerprint density at radius 3 is 2.47 bits per heavy atom. The summed E-state index contributed by atoms with van der Waals surface area (Å²) in [5, 5.41) is 19.7. The predicted octanol–water partition coefficient (Wildman–Crippen LogP) is 0.0994. The summed E-state index contributed by atoms with van der Waals surface area (Å²) in [7, 11) is 0. The molecule has 0 spiro atoms. The number of benzene rings is 1. The van der Waals surface area contributed by atoms with Gasteiger partial charge in [-0.2, -0.15) is 5.26 Å². The highest BCUT2D eigenvalue weighted by Gasteiger charge is 2.27. The Bertz CT molecular complexity index is 421. The summed E-state index contributed by atoms with van der Waals surface area (Å²) in [4.78, 5) is 10.8. The molecule has 1 unspecified atom stereocenters. The number of carbonyl (C=O) groups is 1. The zero-order valence-electron chi connectivity index (χ0n) is 9.40. The molecular weight excluding hydrogens is 222 g/mol. The van der Waals surface area contributed by atoms with Crippen molar-refractivity contribution in [1.29, 1.82) is 5.26 Å². The van der Waals surface area contributed by atoms with Gasteiger partial charge in [0.05, 0.1) is 0 Å². The van der Waals surface area contributed by atoms with Crippen LogP contribution in [0.3, 0.4) is 0 Å². The van der Waals surface area contributed by atoms with Crippen molar-refractivity contribution in [1.82, 2.24) is 0 Å². The Balaban J connectivity index is 0.00000256. The maximum Gasteiger partial charge on any atom is 0.323 e. The van der Waals surface area contributed by atoms with Gasteiger partial charge < -0.3 is 16.3 Å². The van der Waals surface area contributed by atoms with Crippen LogP contribution >= 0.6 is 0 Å². The number of hydrogen-bond acceptors (Lipinski definition) is 4. The van der Waals surface area contributed by atoms with Gasteiger partial charge in [0, 0.05) is 12.1 Å². The number of carboxylic acid groups (broad SMARTS) is 1. The van der Waals surface area contributed by atoms with Gasteiger partial charge in [0.25, 0.3) is 0 Å². The van der Waals surface area contributed by atoms with Gasteiger partial charge in [0.15, 0.2) is 6.19 Å². The van der Waals surface area contributed by atoms with Crippen molar-refractivity contribution >= 4 is 11.7 Å². The lowest BCUT2D eigenvalue weighted by atomic mass is 9.94. The molecule has 0 saturated heterocycles. The number of nitrogens with two attached hydrogens (primary N) is 1. The van der Waals surface area contributed by atoms with E-state index in [-0.39, 0.29) is 11.9 Å². The van der Waals surface area contributed by atoms with Gasteiger partial charge in [-0.25, -0.2) is 0 Å². The van der Waals surface area contributed by atoms with E-state index in [0.29, 0.717) is 5.69 Å². The van der Waals surface area contributed by atoms with Crippen molar-refractivity contribution in [2.24, 2.45) is 5.73 Å². The second-order valence-electron chi connectivity index (χ2n) is 3.83. The summed E-state index contributed by atoms with van der Waals surface area (Å²) < 4.78 is 0. The summed E-state index contributed by atoms with van der Waals surface area (Å²) in [5.74, 6) is -1.04. The minimum Gasteiger partial charge on any atom is -0.480 e. The number of nitrogens with one attached hydrogen (secondary N) is 1. The lowest BCUT2D eigenvalue weighted by Gasteiger charge is -2.18. The fourth-order valence-electron chi connectivity index (χ4n) is 1.27. The summed E-state index contributed by atoms with van der Waals surface area (Å²) in [6.45, 7) is 1.47. The molecule has 6 N–H and O–H groups in total. The molecule has 1 atom stereocenters. The lowest BCUT2D eigenvalue weighted by molar-refractivity contribution is -0.142. The van der Waals surface area contributed by atoms with Crippen molar-refractivity contribution in [3.05, 3.63) is 29.8 Å². The van der Waals surface area contributed by atoms with Gasteiger partial charge in [-0.3, -0.25) is 10.1 Å². The fraction of sp³-hybridized carbons (Fsp3) is 0.273. The SMILES string of the molecule is CC(N)(Cc1ccc(NC#N)cc1)C(=O)O.O. The highest BCUT2D eigenvalue weighted by Crippen LogP contribution is 2.14. The molecule has 0 aliphatic carbocycles. The number of carboxylic acids is 1. The molecule has 0 saturated carbocycles. The second-order valence-corrected chi connectivity index (χ2v) is 3.83. The molecule has 0 aliphatic rings. The van der Waals surface area contributed by atoms with Gasteiger partial charge >= 0.3 is 5.97 Å². The van der Waals surface area contributed by atoms with Gasteiger partial charge in [0.1, 0.15) is 5.54 Å². The largest absolute Gasteiger partial charge is 0.480 e. The maximum absolute atomic E-state index is 10.8. The maximum atomic E-state index is 10.8. The summed E-state index contributed by atoms with van der Waals surface area (Å²) in [6, 6.07) is 6.90. The van der Waals surface area contributed by atoms with Crippen molar-refractivity contribution in [2.45, 2.75) is 18.9 Å². The number of rotatable bonds is 4. The normalized spacial score (nSPS) is 12.8. The summed E-state index contributed by atoms with van der Waals surface area (Å²) in [5.41, 5.74) is 5.83. The van der Waals surface area contributed by atoms with E-state index < -0.39 is 11.5 Å². The summed E-state index contributed by atoms with van der Waals surface area (Å²) in [6.07, 6.45) is 2.05. The molecule has 0 fully saturated rings. The summed E-state index contributed by atoms with van der Waals surface area (Å²) >= 11 is 0. The molecule has 6 heteroatoms. The predicted molar refractivity (Wildman–Crippen MR) is 63.2 cm³/mol. The highest BCUT2D eigenvalue weighted by molar-refractivity contribution is 5.78. The third kappa shape index (κ3) is 4.10. The van der Waals surface area contributed by atoms with E-state index >= 15 is 0 Å². The molecule has 0 amide bonds. The first kappa shape index (κ1) is 14.9. The Morgan fingerprint density at radius 1 is 1.53 bits per heavy atom. The van der Waals surface area contributed by atoms with Gasteiger partial charge in [-0.05, 0) is 24.6 Å². The van der Waals surface area contributed by atoms with Crippen LogP contribution < -0.4 is 11.1 Å². The topological polar surface area (TPSA) is 131 Å². The molecule has 1 rings (SSSR count). The smallest absolute Gasteiger partial charge is 0.323 e. The van der Waals surface area contributed by atoms with E-state index in [0.717, 1.165) is 5.56 Å². The standard InChI is InChI=1S/C11H13N3O2.H2O/c1-11(13,10(15)16)6-8-2-4-9(5-3-8)14-7-12;/h2-5,14H,6,13H2,1H3,(H,15,16);1H2. The Kier molecular flexibility index (Phi) is 5.12. The first-order valence-electron chi connectivity index (χ1n) is 4.72. The van der Waals surface area contributed by atoms with Crippen LogP contribution in [-0.2, 0) is 11.2 Å². The average molecular weight is 237 g/mol. The third-order valence-electron chi connectivity index (χ3n) is 2.21. The number of nitriles is 1. The minimum absolute atomic E-state index is 0. The van der Waals surface area contributed by atoms with Crippen LogP contribution in [0.25, 0.3) is 0 Å². The van der Waals surface area contributed by atoms with E-state index in [1.54, 1.807) is 30.5 Å². The van der Waals surface area contributed by atoms with Gasteiger partial charge in [0.2, 0.25) is 0 Å². The first-order chi connectivity index (χ1) is 7.45. The van der Waals surface area contributed by atoms with Gasteiger partial charge in [-0.15, -0.1) is 0 Å². The van der Waals surface area contributed by atoms with E-state index in [9.17, 15) is 4.79 Å². The Hall–Kier alpha value is -2.10. The molecule has 1 aromatic rings. The molecule has 92 valence electrons.